The molecule has 0 bridgehead atoms. The van der Waals surface area contributed by atoms with Crippen molar-refractivity contribution in [2.75, 3.05) is 0 Å². The molecule has 2 rings (SSSR count). The van der Waals surface area contributed by atoms with Crippen molar-refractivity contribution in [2.45, 2.75) is 45.0 Å². The summed E-state index contributed by atoms with van der Waals surface area (Å²) in [7, 11) is 0. The average Bonchev–Trinajstić information content (AvgIpc) is 2.26. The number of alkyl halides is 2. The summed E-state index contributed by atoms with van der Waals surface area (Å²) in [5.74, 6) is -2.65. The lowest BCUT2D eigenvalue weighted by molar-refractivity contribution is -0.147. The number of carbonyl (C=O) groups is 1. The van der Waals surface area contributed by atoms with Crippen molar-refractivity contribution in [3.05, 3.63) is 35.4 Å². The van der Waals surface area contributed by atoms with Crippen LogP contribution < -0.4 is 0 Å². The number of Topliss-reactive ketones (excluding diaryl/α,β-unsaturated/α-hetero) is 1. The Morgan fingerprint density at radius 1 is 1.28 bits per heavy atom. The molecule has 18 heavy (non-hydrogen) atoms. The van der Waals surface area contributed by atoms with E-state index in [4.69, 9.17) is 0 Å². The van der Waals surface area contributed by atoms with Crippen molar-refractivity contribution < 1.29 is 13.6 Å². The monoisotopic (exact) mass is 252 g/mol. The van der Waals surface area contributed by atoms with E-state index in [1.54, 1.807) is 0 Å². The average molecular weight is 252 g/mol. The zero-order chi connectivity index (χ0) is 13.3. The third-order valence-corrected chi connectivity index (χ3v) is 3.57. The van der Waals surface area contributed by atoms with Crippen LogP contribution in [0.25, 0.3) is 0 Å². The van der Waals surface area contributed by atoms with Crippen molar-refractivity contribution in [3.8, 4) is 0 Å². The van der Waals surface area contributed by atoms with Crippen LogP contribution in [0.4, 0.5) is 8.78 Å². The highest BCUT2D eigenvalue weighted by molar-refractivity contribution is 5.84. The Bertz CT molecular complexity index is 426. The number of ketones is 1. The first kappa shape index (κ1) is 13.2. The van der Waals surface area contributed by atoms with E-state index in [1.807, 2.05) is 24.3 Å². The summed E-state index contributed by atoms with van der Waals surface area (Å²) < 4.78 is 25.4. The Kier molecular flexibility index (Phi) is 3.51. The van der Waals surface area contributed by atoms with E-state index in [9.17, 15) is 13.6 Å². The molecule has 0 aromatic heterocycles. The minimum absolute atomic E-state index is 0.0572. The van der Waals surface area contributed by atoms with Gasteiger partial charge >= 0.3 is 0 Å². The normalized spacial score (nSPS) is 18.7. The van der Waals surface area contributed by atoms with Crippen LogP contribution in [0.15, 0.2) is 24.3 Å². The van der Waals surface area contributed by atoms with Gasteiger partial charge in [-0.05, 0) is 17.0 Å². The minimum atomic E-state index is -2.61. The third-order valence-electron chi connectivity index (χ3n) is 3.57. The molecule has 1 saturated carbocycles. The minimum Gasteiger partial charge on any atom is -0.299 e. The van der Waals surface area contributed by atoms with Crippen molar-refractivity contribution >= 4 is 5.78 Å². The number of rotatable bonds is 4. The maximum Gasteiger partial charge on any atom is 0.249 e. The molecule has 0 unspecified atom stereocenters. The molecular weight excluding hydrogens is 234 g/mol. The van der Waals surface area contributed by atoms with Crippen LogP contribution in [0.3, 0.4) is 0 Å². The lowest BCUT2D eigenvalue weighted by Gasteiger charge is -2.33. The van der Waals surface area contributed by atoms with E-state index in [0.717, 1.165) is 5.56 Å². The van der Waals surface area contributed by atoms with Gasteiger partial charge in [-0.1, -0.05) is 38.1 Å². The first-order valence-electron chi connectivity index (χ1n) is 6.37. The van der Waals surface area contributed by atoms with Gasteiger partial charge in [-0.15, -0.1) is 0 Å². The summed E-state index contributed by atoms with van der Waals surface area (Å²) in [5.41, 5.74) is 2.14. The molecule has 0 radical (unpaired) electrons. The molecule has 0 saturated heterocycles. The van der Waals surface area contributed by atoms with Gasteiger partial charge in [0.2, 0.25) is 5.92 Å². The van der Waals surface area contributed by atoms with Crippen LogP contribution in [0, 0.1) is 5.92 Å². The molecule has 0 amide bonds. The molecule has 0 spiro atoms. The highest BCUT2D eigenvalue weighted by Gasteiger charge is 2.48. The summed E-state index contributed by atoms with van der Waals surface area (Å²) in [5, 5.41) is 0. The van der Waals surface area contributed by atoms with Crippen LogP contribution in [-0.2, 0) is 11.2 Å². The number of benzene rings is 1. The molecule has 0 heterocycles. The third kappa shape index (κ3) is 2.95. The van der Waals surface area contributed by atoms with Gasteiger partial charge in [-0.3, -0.25) is 4.79 Å². The molecule has 3 heteroatoms. The fraction of sp³-hybridized carbons (Fsp3) is 0.533. The second kappa shape index (κ2) is 4.79. The Morgan fingerprint density at radius 3 is 2.28 bits per heavy atom. The fourth-order valence-corrected chi connectivity index (χ4v) is 2.25. The molecule has 1 aliphatic rings. The second-order valence-electron chi connectivity index (χ2n) is 5.50. The molecule has 1 fully saturated rings. The SMILES string of the molecule is CC(C)c1ccc(CC(=O)C2CC(F)(F)C2)cc1. The molecular formula is C15H18F2O. The maximum absolute atomic E-state index is 12.7. The zero-order valence-electron chi connectivity index (χ0n) is 10.7. The van der Waals surface area contributed by atoms with E-state index in [0.29, 0.717) is 5.92 Å². The van der Waals surface area contributed by atoms with Gasteiger partial charge in [-0.25, -0.2) is 8.78 Å². The number of hydrogen-bond acceptors (Lipinski definition) is 1. The molecule has 0 N–H and O–H groups in total. The van der Waals surface area contributed by atoms with E-state index < -0.39 is 11.8 Å². The zero-order valence-corrected chi connectivity index (χ0v) is 10.7. The largest absolute Gasteiger partial charge is 0.299 e. The lowest BCUT2D eigenvalue weighted by Crippen LogP contribution is -2.40. The predicted molar refractivity (Wildman–Crippen MR) is 66.9 cm³/mol. The van der Waals surface area contributed by atoms with Gasteiger partial charge in [0.05, 0.1) is 0 Å². The first-order chi connectivity index (χ1) is 8.37. The summed E-state index contributed by atoms with van der Waals surface area (Å²) in [6.45, 7) is 4.22. The quantitative estimate of drug-likeness (QED) is 0.792. The van der Waals surface area contributed by atoms with Gasteiger partial charge in [0, 0.05) is 25.2 Å². The topological polar surface area (TPSA) is 17.1 Å². The fourth-order valence-electron chi connectivity index (χ4n) is 2.25. The smallest absolute Gasteiger partial charge is 0.249 e. The molecule has 0 aliphatic heterocycles. The molecule has 1 nitrogen and oxygen atoms in total. The standard InChI is InChI=1S/C15H18F2O/c1-10(2)12-5-3-11(4-6-12)7-14(18)13-8-15(16,17)9-13/h3-6,10,13H,7-9H2,1-2H3. The summed E-state index contributed by atoms with van der Waals surface area (Å²) in [6.07, 6.45) is -0.259. The molecule has 1 aromatic rings. The second-order valence-corrected chi connectivity index (χ2v) is 5.50. The summed E-state index contributed by atoms with van der Waals surface area (Å²) >= 11 is 0. The van der Waals surface area contributed by atoms with Crippen molar-refractivity contribution in [2.24, 2.45) is 5.92 Å². The maximum atomic E-state index is 12.7. The van der Waals surface area contributed by atoms with Gasteiger partial charge in [0.25, 0.3) is 0 Å². The summed E-state index contributed by atoms with van der Waals surface area (Å²) in [4.78, 5) is 11.8. The predicted octanol–water partition coefficient (Wildman–Crippen LogP) is 3.97. The Morgan fingerprint density at radius 2 is 1.83 bits per heavy atom. The van der Waals surface area contributed by atoms with E-state index in [1.165, 1.54) is 5.56 Å². The van der Waals surface area contributed by atoms with Gasteiger partial charge in [0.15, 0.2) is 0 Å². The summed E-state index contributed by atoms with van der Waals surface area (Å²) in [6, 6.07) is 7.85. The van der Waals surface area contributed by atoms with Crippen LogP contribution in [0.5, 0.6) is 0 Å². The molecule has 1 aliphatic carbocycles. The van der Waals surface area contributed by atoms with E-state index in [-0.39, 0.29) is 25.0 Å². The van der Waals surface area contributed by atoms with Crippen molar-refractivity contribution in [1.82, 2.24) is 0 Å². The highest BCUT2D eigenvalue weighted by Crippen LogP contribution is 2.43. The van der Waals surface area contributed by atoms with Gasteiger partial charge < -0.3 is 0 Å². The number of carbonyl (C=O) groups excluding carboxylic acids is 1. The van der Waals surface area contributed by atoms with Crippen LogP contribution >= 0.6 is 0 Å². The number of halogens is 2. The Balaban J connectivity index is 1.92. The van der Waals surface area contributed by atoms with Crippen LogP contribution in [0.2, 0.25) is 0 Å². The molecule has 98 valence electrons. The molecule has 1 aromatic carbocycles. The van der Waals surface area contributed by atoms with Crippen molar-refractivity contribution in [1.29, 1.82) is 0 Å². The van der Waals surface area contributed by atoms with Gasteiger partial charge in [0.1, 0.15) is 5.78 Å². The number of hydrogen-bond donors (Lipinski definition) is 0. The Labute approximate surface area is 106 Å². The van der Waals surface area contributed by atoms with Crippen LogP contribution in [-0.4, -0.2) is 11.7 Å². The van der Waals surface area contributed by atoms with Crippen molar-refractivity contribution in [3.63, 3.8) is 0 Å². The van der Waals surface area contributed by atoms with Gasteiger partial charge in [-0.2, -0.15) is 0 Å². The molecule has 0 atom stereocenters. The Hall–Kier alpha value is -1.25. The van der Waals surface area contributed by atoms with Crippen LogP contribution in [0.1, 0.15) is 43.7 Å². The van der Waals surface area contributed by atoms with E-state index in [2.05, 4.69) is 13.8 Å². The highest BCUT2D eigenvalue weighted by atomic mass is 19.3. The first-order valence-corrected chi connectivity index (χ1v) is 6.37. The lowest BCUT2D eigenvalue weighted by atomic mass is 9.77. The van der Waals surface area contributed by atoms with E-state index >= 15 is 0 Å².